The molecule has 2 aromatic rings. The molecule has 4 unspecified atom stereocenters. The number of fused-ring (bicyclic) bond motifs is 3. The Kier molecular flexibility index (Phi) is 3.03. The van der Waals surface area contributed by atoms with Crippen molar-refractivity contribution in [2.45, 2.75) is 46.2 Å². The van der Waals surface area contributed by atoms with E-state index in [1.54, 1.807) is 0 Å². The van der Waals surface area contributed by atoms with Gasteiger partial charge in [-0.2, -0.15) is 0 Å². The summed E-state index contributed by atoms with van der Waals surface area (Å²) in [4.78, 5) is 1.50. The maximum Gasteiger partial charge on any atom is 0.0453 e. The Morgan fingerprint density at radius 3 is 2.85 bits per heavy atom. The Morgan fingerprint density at radius 1 is 1.30 bits per heavy atom. The molecule has 1 nitrogen and oxygen atoms in total. The van der Waals surface area contributed by atoms with Crippen LogP contribution in [0.4, 0.5) is 0 Å². The lowest BCUT2D eigenvalue weighted by molar-refractivity contribution is -0.115. The first-order chi connectivity index (χ1) is 9.55. The lowest BCUT2D eigenvalue weighted by atomic mass is 9.45. The lowest BCUT2D eigenvalue weighted by Crippen LogP contribution is -2.59. The van der Waals surface area contributed by atoms with E-state index >= 15 is 0 Å². The van der Waals surface area contributed by atoms with Crippen LogP contribution in [-0.4, -0.2) is 6.04 Å². The van der Waals surface area contributed by atoms with Crippen LogP contribution in [0.2, 0.25) is 0 Å². The molecule has 0 aliphatic heterocycles. The molecule has 1 N–H and O–H groups in total. The molecule has 3 aliphatic rings. The molecule has 0 saturated heterocycles. The van der Waals surface area contributed by atoms with Crippen molar-refractivity contribution in [3.05, 3.63) is 22.4 Å². The van der Waals surface area contributed by atoms with Crippen LogP contribution >= 0.6 is 22.7 Å². The van der Waals surface area contributed by atoms with Gasteiger partial charge in [-0.1, -0.05) is 20.8 Å². The second kappa shape index (κ2) is 4.56. The quantitative estimate of drug-likeness (QED) is 0.829. The Bertz CT molecular complexity index is 595. The summed E-state index contributed by atoms with van der Waals surface area (Å²) in [6, 6.07) is 5.34. The highest BCUT2D eigenvalue weighted by Crippen LogP contribution is 2.61. The number of nitrogens with one attached hydrogen (secondary N) is 1. The van der Waals surface area contributed by atoms with E-state index in [4.69, 9.17) is 0 Å². The summed E-state index contributed by atoms with van der Waals surface area (Å²) in [7, 11) is 0. The van der Waals surface area contributed by atoms with Crippen LogP contribution in [-0.2, 0) is 6.54 Å². The Morgan fingerprint density at radius 2 is 2.15 bits per heavy atom. The summed E-state index contributed by atoms with van der Waals surface area (Å²) in [5, 5.41) is 6.04. The van der Waals surface area contributed by atoms with Gasteiger partial charge in [-0.05, 0) is 53.5 Å². The van der Waals surface area contributed by atoms with Gasteiger partial charge in [0.1, 0.15) is 0 Å². The lowest BCUT2D eigenvalue weighted by Gasteiger charge is -2.62. The summed E-state index contributed by atoms with van der Waals surface area (Å²) < 4.78 is 2.90. The molecule has 3 fully saturated rings. The summed E-state index contributed by atoms with van der Waals surface area (Å²) in [6.45, 7) is 8.48. The zero-order valence-electron chi connectivity index (χ0n) is 12.5. The van der Waals surface area contributed by atoms with Crippen LogP contribution in [0.1, 0.15) is 38.5 Å². The molecule has 3 heteroatoms. The van der Waals surface area contributed by atoms with Gasteiger partial charge in [0.05, 0.1) is 0 Å². The fraction of sp³-hybridized carbons (Fsp3) is 0.647. The van der Waals surface area contributed by atoms with Crippen LogP contribution < -0.4 is 5.32 Å². The summed E-state index contributed by atoms with van der Waals surface area (Å²) in [5.41, 5.74) is 0.600. The van der Waals surface area contributed by atoms with Crippen molar-refractivity contribution in [2.24, 2.45) is 23.2 Å². The minimum absolute atomic E-state index is 0.600. The highest BCUT2D eigenvalue weighted by Gasteiger charge is 2.55. The minimum Gasteiger partial charge on any atom is -0.309 e. The van der Waals surface area contributed by atoms with E-state index in [1.165, 1.54) is 27.1 Å². The van der Waals surface area contributed by atoms with Gasteiger partial charge in [0, 0.05) is 26.9 Å². The van der Waals surface area contributed by atoms with Crippen molar-refractivity contribution in [1.82, 2.24) is 5.32 Å². The predicted molar refractivity (Wildman–Crippen MR) is 89.5 cm³/mol. The summed E-state index contributed by atoms with van der Waals surface area (Å²) in [5.74, 6) is 2.72. The largest absolute Gasteiger partial charge is 0.309 e. The molecule has 0 amide bonds. The smallest absolute Gasteiger partial charge is 0.0453 e. The van der Waals surface area contributed by atoms with E-state index in [2.05, 4.69) is 43.6 Å². The number of hydrogen-bond acceptors (Lipinski definition) is 3. The molecule has 0 spiro atoms. The van der Waals surface area contributed by atoms with E-state index in [-0.39, 0.29) is 0 Å². The third-order valence-corrected chi connectivity index (χ3v) is 8.18. The average molecular weight is 306 g/mol. The number of hydrogen-bond donors (Lipinski definition) is 1. The number of rotatable bonds is 3. The molecule has 3 aliphatic carbocycles. The van der Waals surface area contributed by atoms with E-state index in [0.29, 0.717) is 5.41 Å². The van der Waals surface area contributed by atoms with Crippen LogP contribution in [0, 0.1) is 23.2 Å². The average Bonchev–Trinajstić information content (AvgIpc) is 2.97. The zero-order valence-corrected chi connectivity index (χ0v) is 14.1. The molecule has 20 heavy (non-hydrogen) atoms. The maximum atomic E-state index is 3.85. The second-order valence-corrected chi connectivity index (χ2v) is 9.42. The van der Waals surface area contributed by atoms with Crippen molar-refractivity contribution >= 4 is 32.1 Å². The van der Waals surface area contributed by atoms with E-state index in [1.807, 2.05) is 22.7 Å². The first kappa shape index (κ1) is 13.3. The molecule has 4 atom stereocenters. The first-order valence-electron chi connectivity index (χ1n) is 7.75. The van der Waals surface area contributed by atoms with Gasteiger partial charge >= 0.3 is 0 Å². The molecule has 108 valence electrons. The number of thiophene rings is 2. The van der Waals surface area contributed by atoms with Crippen LogP contribution in [0.25, 0.3) is 9.40 Å². The highest BCUT2D eigenvalue weighted by atomic mass is 32.1. The maximum absolute atomic E-state index is 3.85. The Hall–Kier alpha value is -0.380. The topological polar surface area (TPSA) is 12.0 Å². The van der Waals surface area contributed by atoms with E-state index < -0.39 is 0 Å². The summed E-state index contributed by atoms with van der Waals surface area (Å²) in [6.07, 6.45) is 2.85. The van der Waals surface area contributed by atoms with Crippen molar-refractivity contribution in [1.29, 1.82) is 0 Å². The molecule has 0 aromatic carbocycles. The predicted octanol–water partition coefficient (Wildman–Crippen LogP) is 5.12. The van der Waals surface area contributed by atoms with Gasteiger partial charge < -0.3 is 5.32 Å². The Balaban J connectivity index is 1.42. The fourth-order valence-electron chi connectivity index (χ4n) is 4.55. The zero-order chi connectivity index (χ0) is 13.9. The van der Waals surface area contributed by atoms with Gasteiger partial charge in [0.15, 0.2) is 0 Å². The van der Waals surface area contributed by atoms with Crippen molar-refractivity contribution in [3.63, 3.8) is 0 Å². The van der Waals surface area contributed by atoms with Crippen molar-refractivity contribution < 1.29 is 0 Å². The molecular weight excluding hydrogens is 282 g/mol. The fourth-order valence-corrected chi connectivity index (χ4v) is 6.64. The molecule has 2 bridgehead atoms. The molecule has 2 heterocycles. The van der Waals surface area contributed by atoms with Gasteiger partial charge in [0.25, 0.3) is 0 Å². The third kappa shape index (κ3) is 1.90. The third-order valence-electron chi connectivity index (χ3n) is 6.08. The van der Waals surface area contributed by atoms with Crippen molar-refractivity contribution in [3.8, 4) is 0 Å². The van der Waals surface area contributed by atoms with Crippen LogP contribution in [0.3, 0.4) is 0 Å². The van der Waals surface area contributed by atoms with Crippen LogP contribution in [0.15, 0.2) is 17.5 Å². The van der Waals surface area contributed by atoms with Gasteiger partial charge in [-0.15, -0.1) is 22.7 Å². The first-order valence-corrected chi connectivity index (χ1v) is 9.44. The molecule has 0 radical (unpaired) electrons. The monoisotopic (exact) mass is 305 g/mol. The highest BCUT2D eigenvalue weighted by molar-refractivity contribution is 7.26. The molecule has 5 rings (SSSR count). The van der Waals surface area contributed by atoms with Gasteiger partial charge in [0.2, 0.25) is 0 Å². The van der Waals surface area contributed by atoms with Gasteiger partial charge in [-0.3, -0.25) is 0 Å². The molecule has 3 saturated carbocycles. The standard InChI is InChI=1S/C17H23NS2/c1-10-13-6-11(17(13,2)3)7-14(10)18-9-12-8-16-15(20-12)4-5-19-16/h4-5,8,10-11,13-14,18H,6-7,9H2,1-3H3. The SMILES string of the molecule is CC1C(NCc2cc3sccc3s2)CC2CC1C2(C)C. The van der Waals surface area contributed by atoms with Crippen molar-refractivity contribution in [2.75, 3.05) is 0 Å². The van der Waals surface area contributed by atoms with E-state index in [0.717, 1.165) is 30.3 Å². The van der Waals surface area contributed by atoms with E-state index in [9.17, 15) is 0 Å². The minimum atomic E-state index is 0.600. The Labute approximate surface area is 129 Å². The molecule has 2 aromatic heterocycles. The second-order valence-electron chi connectivity index (χ2n) is 7.30. The normalized spacial score (nSPS) is 35.1. The molecular formula is C17H23NS2. The van der Waals surface area contributed by atoms with Gasteiger partial charge in [-0.25, -0.2) is 0 Å². The summed E-state index contributed by atoms with van der Waals surface area (Å²) >= 11 is 3.81. The van der Waals surface area contributed by atoms with Crippen LogP contribution in [0.5, 0.6) is 0 Å².